The van der Waals surface area contributed by atoms with E-state index >= 15 is 0 Å². The lowest BCUT2D eigenvalue weighted by molar-refractivity contribution is 0.149. The van der Waals surface area contributed by atoms with Crippen molar-refractivity contribution in [2.24, 2.45) is 0 Å². The third-order valence-electron chi connectivity index (χ3n) is 6.25. The Hall–Kier alpha value is -2.67. The minimum atomic E-state index is 0.238. The number of rotatable bonds is 5. The number of aromatic nitrogens is 1. The molecule has 0 saturated carbocycles. The molecular formula is C25H25ClN4OS. The molecule has 0 amide bonds. The van der Waals surface area contributed by atoms with E-state index in [0.29, 0.717) is 28.0 Å². The lowest BCUT2D eigenvalue weighted by atomic mass is 10.0. The van der Waals surface area contributed by atoms with E-state index in [0.717, 1.165) is 43.7 Å². The van der Waals surface area contributed by atoms with Gasteiger partial charge in [0, 0.05) is 41.6 Å². The first-order valence-corrected chi connectivity index (χ1v) is 12.1. The third-order valence-corrected chi connectivity index (χ3v) is 7.44. The number of likely N-dealkylation sites (tertiary alicyclic amines) is 1. The average Bonchev–Trinajstić information content (AvgIpc) is 3.39. The summed E-state index contributed by atoms with van der Waals surface area (Å²) >= 11 is 7.77. The Kier molecular flexibility index (Phi) is 6.00. The van der Waals surface area contributed by atoms with Gasteiger partial charge in [-0.1, -0.05) is 60.1 Å². The second-order valence-electron chi connectivity index (χ2n) is 8.31. The minimum Gasteiger partial charge on any atom is -0.510 e. The highest BCUT2D eigenvalue weighted by atomic mass is 35.5. The van der Waals surface area contributed by atoms with Gasteiger partial charge < -0.3 is 10.0 Å². The van der Waals surface area contributed by atoms with Crippen LogP contribution in [0, 0.1) is 5.41 Å². The van der Waals surface area contributed by atoms with Crippen LogP contribution in [0.4, 0.5) is 0 Å². The quantitative estimate of drug-likeness (QED) is 0.509. The van der Waals surface area contributed by atoms with E-state index in [1.807, 2.05) is 40.6 Å². The van der Waals surface area contributed by atoms with E-state index in [9.17, 15) is 5.11 Å². The summed E-state index contributed by atoms with van der Waals surface area (Å²) in [6, 6.07) is 18.4. The lowest BCUT2D eigenvalue weighted by Crippen LogP contribution is -2.45. The molecule has 1 fully saturated rings. The van der Waals surface area contributed by atoms with Crippen molar-refractivity contribution in [2.45, 2.75) is 25.4 Å². The number of thiazole rings is 1. The van der Waals surface area contributed by atoms with Crippen molar-refractivity contribution in [3.8, 4) is 11.3 Å². The van der Waals surface area contributed by atoms with Gasteiger partial charge in [0.25, 0.3) is 0 Å². The average molecular weight is 465 g/mol. The maximum absolute atomic E-state index is 10.7. The van der Waals surface area contributed by atoms with Gasteiger partial charge in [0.15, 0.2) is 0 Å². The summed E-state index contributed by atoms with van der Waals surface area (Å²) in [5.41, 5.74) is 3.53. The molecule has 5 nitrogen and oxygen atoms in total. The van der Waals surface area contributed by atoms with Crippen LogP contribution >= 0.6 is 22.9 Å². The van der Waals surface area contributed by atoms with Crippen LogP contribution in [0.25, 0.3) is 16.8 Å². The topological polar surface area (TPSA) is 63.5 Å². The predicted octanol–water partition coefficient (Wildman–Crippen LogP) is 5.69. The second kappa shape index (κ2) is 9.06. The number of aliphatic hydroxyl groups excluding tert-OH is 1. The molecule has 164 valence electrons. The number of aliphatic hydroxyl groups is 1. The molecule has 3 heterocycles. The molecule has 7 heteroatoms. The zero-order chi connectivity index (χ0) is 22.1. The highest BCUT2D eigenvalue weighted by molar-refractivity contribution is 7.11. The summed E-state index contributed by atoms with van der Waals surface area (Å²) in [6.07, 6.45) is 1.97. The van der Waals surface area contributed by atoms with Gasteiger partial charge in [0.2, 0.25) is 0 Å². The van der Waals surface area contributed by atoms with Crippen LogP contribution in [-0.4, -0.2) is 51.4 Å². The van der Waals surface area contributed by atoms with E-state index in [4.69, 9.17) is 22.0 Å². The standard InChI is InChI=1S/C25H25ClN4OS/c26-20-9-5-4-8-19(20)21-16-32-25(28-21)23-22(31)15-30(24(23)27)18-10-12-29(13-11-18)14-17-6-2-1-3-7-17/h1-9,16,18,27,31H,10-15H2. The largest absolute Gasteiger partial charge is 0.510 e. The fraction of sp³-hybridized carbons (Fsp3) is 0.280. The van der Waals surface area contributed by atoms with Crippen molar-refractivity contribution in [1.82, 2.24) is 14.8 Å². The Balaban J connectivity index is 1.25. The molecule has 2 aliphatic rings. The summed E-state index contributed by atoms with van der Waals surface area (Å²) in [6.45, 7) is 3.34. The Morgan fingerprint density at radius 2 is 1.78 bits per heavy atom. The van der Waals surface area contributed by atoms with Crippen LogP contribution in [0.2, 0.25) is 5.02 Å². The molecule has 1 aromatic heterocycles. The smallest absolute Gasteiger partial charge is 0.135 e. The number of nitrogens with zero attached hydrogens (tertiary/aromatic N) is 3. The molecular weight excluding hydrogens is 440 g/mol. The van der Waals surface area contributed by atoms with E-state index in [1.54, 1.807) is 0 Å². The van der Waals surface area contributed by atoms with Gasteiger partial charge in [-0.15, -0.1) is 11.3 Å². The Labute approximate surface area is 197 Å². The van der Waals surface area contributed by atoms with E-state index in [-0.39, 0.29) is 11.8 Å². The maximum atomic E-state index is 10.7. The van der Waals surface area contributed by atoms with Gasteiger partial charge in [0.05, 0.1) is 17.8 Å². The zero-order valence-corrected chi connectivity index (χ0v) is 19.2. The zero-order valence-electron chi connectivity index (χ0n) is 17.7. The molecule has 1 saturated heterocycles. The number of piperidine rings is 1. The van der Waals surface area contributed by atoms with Gasteiger partial charge in [-0.3, -0.25) is 10.3 Å². The van der Waals surface area contributed by atoms with Crippen LogP contribution in [-0.2, 0) is 6.54 Å². The van der Waals surface area contributed by atoms with Crippen molar-refractivity contribution < 1.29 is 5.11 Å². The maximum Gasteiger partial charge on any atom is 0.135 e. The van der Waals surface area contributed by atoms with Crippen LogP contribution in [0.1, 0.15) is 23.4 Å². The summed E-state index contributed by atoms with van der Waals surface area (Å²) in [4.78, 5) is 9.21. The summed E-state index contributed by atoms with van der Waals surface area (Å²) in [5, 5.41) is 22.8. The van der Waals surface area contributed by atoms with Gasteiger partial charge >= 0.3 is 0 Å². The number of halogens is 1. The van der Waals surface area contributed by atoms with Gasteiger partial charge in [-0.05, 0) is 24.5 Å². The Morgan fingerprint density at radius 3 is 2.53 bits per heavy atom. The molecule has 2 aromatic carbocycles. The summed E-state index contributed by atoms with van der Waals surface area (Å²) < 4.78 is 0. The number of amidine groups is 1. The molecule has 0 unspecified atom stereocenters. The fourth-order valence-electron chi connectivity index (χ4n) is 4.55. The Morgan fingerprint density at radius 1 is 1.06 bits per heavy atom. The number of nitrogens with one attached hydrogen (secondary N) is 1. The van der Waals surface area contributed by atoms with Crippen molar-refractivity contribution in [3.63, 3.8) is 0 Å². The summed E-state index contributed by atoms with van der Waals surface area (Å²) in [7, 11) is 0. The van der Waals surface area contributed by atoms with Crippen molar-refractivity contribution in [3.05, 3.63) is 81.3 Å². The molecule has 0 radical (unpaired) electrons. The number of benzene rings is 2. The molecule has 0 spiro atoms. The minimum absolute atomic E-state index is 0.238. The van der Waals surface area contributed by atoms with Crippen LogP contribution < -0.4 is 0 Å². The summed E-state index contributed by atoms with van der Waals surface area (Å²) in [5.74, 6) is 0.617. The normalized spacial score (nSPS) is 18.0. The van der Waals surface area contributed by atoms with Crippen LogP contribution in [0.15, 0.2) is 65.7 Å². The number of hydrogen-bond acceptors (Lipinski definition) is 5. The first-order valence-electron chi connectivity index (χ1n) is 10.8. The molecule has 2 aliphatic heterocycles. The van der Waals surface area contributed by atoms with Crippen molar-refractivity contribution >= 4 is 34.3 Å². The van der Waals surface area contributed by atoms with E-state index in [1.165, 1.54) is 16.9 Å². The molecule has 0 aliphatic carbocycles. The highest BCUT2D eigenvalue weighted by Gasteiger charge is 2.36. The van der Waals surface area contributed by atoms with Crippen LogP contribution in [0.3, 0.4) is 0 Å². The monoisotopic (exact) mass is 464 g/mol. The van der Waals surface area contributed by atoms with Crippen molar-refractivity contribution in [1.29, 1.82) is 5.41 Å². The van der Waals surface area contributed by atoms with Gasteiger partial charge in [-0.25, -0.2) is 4.98 Å². The van der Waals surface area contributed by atoms with E-state index in [2.05, 4.69) is 29.2 Å². The first-order chi connectivity index (χ1) is 15.6. The third kappa shape index (κ3) is 4.18. The van der Waals surface area contributed by atoms with Gasteiger partial charge in [0.1, 0.15) is 16.6 Å². The second-order valence-corrected chi connectivity index (χ2v) is 9.57. The Bertz CT molecular complexity index is 1150. The van der Waals surface area contributed by atoms with Gasteiger partial charge in [-0.2, -0.15) is 0 Å². The number of hydrogen-bond donors (Lipinski definition) is 2. The predicted molar refractivity (Wildman–Crippen MR) is 131 cm³/mol. The molecule has 0 bridgehead atoms. The van der Waals surface area contributed by atoms with Crippen molar-refractivity contribution in [2.75, 3.05) is 19.6 Å². The first kappa shape index (κ1) is 21.2. The lowest BCUT2D eigenvalue weighted by Gasteiger charge is -2.37. The SMILES string of the molecule is N=C1C(c2nc(-c3ccccc3Cl)cs2)=C(O)CN1C1CCN(Cc2ccccc2)CC1. The molecule has 0 atom stereocenters. The van der Waals surface area contributed by atoms with E-state index < -0.39 is 0 Å². The highest BCUT2D eigenvalue weighted by Crippen LogP contribution is 2.36. The molecule has 3 aromatic rings. The molecule has 5 rings (SSSR count). The van der Waals surface area contributed by atoms with Crippen LogP contribution in [0.5, 0.6) is 0 Å². The molecule has 2 N–H and O–H groups in total. The fourth-order valence-corrected chi connectivity index (χ4v) is 5.67. The molecule has 32 heavy (non-hydrogen) atoms.